The summed E-state index contributed by atoms with van der Waals surface area (Å²) in [5.74, 6) is -0.0546. The van der Waals surface area contributed by atoms with Gasteiger partial charge in [0.05, 0.1) is 11.8 Å². The number of H-pyrrole nitrogens is 1. The van der Waals surface area contributed by atoms with Crippen molar-refractivity contribution in [3.8, 4) is 0 Å². The minimum atomic E-state index is -0.174. The number of nitrogens with zero attached hydrogens (tertiary/aromatic N) is 2. The van der Waals surface area contributed by atoms with E-state index in [0.717, 1.165) is 23.2 Å². The molecule has 2 heterocycles. The van der Waals surface area contributed by atoms with Crippen molar-refractivity contribution in [1.29, 1.82) is 0 Å². The van der Waals surface area contributed by atoms with Gasteiger partial charge in [-0.1, -0.05) is 44.2 Å². The van der Waals surface area contributed by atoms with E-state index in [-0.39, 0.29) is 29.3 Å². The van der Waals surface area contributed by atoms with Crippen molar-refractivity contribution < 1.29 is 4.79 Å². The maximum absolute atomic E-state index is 12.7. The summed E-state index contributed by atoms with van der Waals surface area (Å²) in [6.45, 7) is 10.2. The molecule has 0 aliphatic carbocycles. The van der Waals surface area contributed by atoms with Crippen LogP contribution >= 0.6 is 0 Å². The maximum atomic E-state index is 12.7. The average molecular weight is 395 g/mol. The summed E-state index contributed by atoms with van der Waals surface area (Å²) < 4.78 is 1.62. The van der Waals surface area contributed by atoms with Gasteiger partial charge in [-0.25, -0.2) is 4.98 Å². The number of aromatic amines is 1. The molecule has 0 saturated carbocycles. The van der Waals surface area contributed by atoms with E-state index in [1.807, 2.05) is 39.0 Å². The standard InChI is InChI=1S/C23H30N4O2/c1-14(13-23(4,5)17-10-8-7-9-11-17)24-19(28)12-18-15(2)20-21(25-16(18)3)27(6)26-22(20)29/h7-11,14H,12-13H2,1-6H3,(H,24,28)(H,26,29). The molecule has 6 heteroatoms. The Balaban J connectivity index is 1.74. The van der Waals surface area contributed by atoms with Crippen molar-refractivity contribution >= 4 is 16.9 Å². The molecule has 2 N–H and O–H groups in total. The Labute approximate surface area is 171 Å². The fraction of sp³-hybridized carbons (Fsp3) is 0.435. The minimum absolute atomic E-state index is 0.0233. The third-order valence-corrected chi connectivity index (χ3v) is 5.69. The first kappa shape index (κ1) is 20.8. The third kappa shape index (κ3) is 4.26. The van der Waals surface area contributed by atoms with E-state index in [1.54, 1.807) is 11.7 Å². The summed E-state index contributed by atoms with van der Waals surface area (Å²) in [5, 5.41) is 6.41. The number of carbonyl (C=O) groups excluding carboxylic acids is 1. The number of hydrogen-bond acceptors (Lipinski definition) is 3. The number of amides is 1. The molecule has 29 heavy (non-hydrogen) atoms. The molecule has 0 fully saturated rings. The predicted molar refractivity (Wildman–Crippen MR) is 116 cm³/mol. The van der Waals surface area contributed by atoms with Gasteiger partial charge >= 0.3 is 0 Å². The molecule has 0 aliphatic rings. The van der Waals surface area contributed by atoms with Crippen molar-refractivity contribution in [1.82, 2.24) is 20.1 Å². The second kappa shape index (κ2) is 7.85. The summed E-state index contributed by atoms with van der Waals surface area (Å²) in [5.41, 5.74) is 4.07. The van der Waals surface area contributed by atoms with Crippen molar-refractivity contribution in [3.05, 3.63) is 63.1 Å². The highest BCUT2D eigenvalue weighted by molar-refractivity contribution is 5.84. The molecule has 0 spiro atoms. The molecule has 0 bridgehead atoms. The molecule has 1 unspecified atom stereocenters. The van der Waals surface area contributed by atoms with E-state index in [0.29, 0.717) is 11.0 Å². The van der Waals surface area contributed by atoms with Gasteiger partial charge in [0.1, 0.15) is 0 Å². The normalized spacial score (nSPS) is 12.9. The van der Waals surface area contributed by atoms with Gasteiger partial charge in [-0.15, -0.1) is 0 Å². The molecule has 154 valence electrons. The number of benzene rings is 1. The van der Waals surface area contributed by atoms with Crippen LogP contribution in [-0.4, -0.2) is 26.7 Å². The van der Waals surface area contributed by atoms with Crippen LogP contribution < -0.4 is 10.9 Å². The Morgan fingerprint density at radius 2 is 1.90 bits per heavy atom. The zero-order valence-corrected chi connectivity index (χ0v) is 18.1. The second-order valence-corrected chi connectivity index (χ2v) is 8.60. The summed E-state index contributed by atoms with van der Waals surface area (Å²) in [4.78, 5) is 29.5. The topological polar surface area (TPSA) is 79.8 Å². The lowest BCUT2D eigenvalue weighted by molar-refractivity contribution is -0.121. The Hall–Kier alpha value is -2.89. The minimum Gasteiger partial charge on any atom is -0.353 e. The summed E-state index contributed by atoms with van der Waals surface area (Å²) >= 11 is 0. The second-order valence-electron chi connectivity index (χ2n) is 8.60. The zero-order chi connectivity index (χ0) is 21.3. The average Bonchev–Trinajstić information content (AvgIpc) is 2.92. The van der Waals surface area contributed by atoms with Crippen molar-refractivity contribution in [2.75, 3.05) is 0 Å². The van der Waals surface area contributed by atoms with Crippen LogP contribution in [0.5, 0.6) is 0 Å². The summed E-state index contributed by atoms with van der Waals surface area (Å²) in [6.07, 6.45) is 1.04. The fourth-order valence-electron chi connectivity index (χ4n) is 4.22. The molecule has 0 aliphatic heterocycles. The van der Waals surface area contributed by atoms with E-state index >= 15 is 0 Å². The number of pyridine rings is 1. The molecule has 6 nitrogen and oxygen atoms in total. The molecule has 2 aromatic heterocycles. The third-order valence-electron chi connectivity index (χ3n) is 5.69. The summed E-state index contributed by atoms with van der Waals surface area (Å²) in [7, 11) is 1.76. The van der Waals surface area contributed by atoms with Gasteiger partial charge in [-0.05, 0) is 49.3 Å². The van der Waals surface area contributed by atoms with Gasteiger partial charge in [0.25, 0.3) is 5.56 Å². The van der Waals surface area contributed by atoms with Crippen LogP contribution in [0.15, 0.2) is 35.1 Å². The lowest BCUT2D eigenvalue weighted by Gasteiger charge is -2.29. The number of hydrogen-bond donors (Lipinski definition) is 2. The van der Waals surface area contributed by atoms with E-state index in [9.17, 15) is 9.59 Å². The van der Waals surface area contributed by atoms with Crippen LogP contribution in [0, 0.1) is 13.8 Å². The Bertz CT molecular complexity index is 1090. The summed E-state index contributed by atoms with van der Waals surface area (Å²) in [6, 6.07) is 10.4. The van der Waals surface area contributed by atoms with Crippen LogP contribution in [-0.2, 0) is 23.7 Å². The Morgan fingerprint density at radius 3 is 2.55 bits per heavy atom. The number of aryl methyl sites for hydroxylation is 3. The first-order chi connectivity index (χ1) is 13.6. The molecule has 3 rings (SSSR count). The van der Waals surface area contributed by atoms with Crippen LogP contribution in [0.25, 0.3) is 11.0 Å². The monoisotopic (exact) mass is 394 g/mol. The number of nitrogens with one attached hydrogen (secondary N) is 2. The maximum Gasteiger partial charge on any atom is 0.273 e. The number of fused-ring (bicyclic) bond motifs is 1. The van der Waals surface area contributed by atoms with Crippen LogP contribution in [0.4, 0.5) is 0 Å². The Kier molecular flexibility index (Phi) is 5.64. The fourth-order valence-corrected chi connectivity index (χ4v) is 4.22. The molecule has 1 atom stereocenters. The largest absolute Gasteiger partial charge is 0.353 e. The molecular weight excluding hydrogens is 364 g/mol. The van der Waals surface area contributed by atoms with Crippen LogP contribution in [0.3, 0.4) is 0 Å². The SMILES string of the molecule is Cc1nc2c(c(C)c1CC(=O)NC(C)CC(C)(C)c1ccccc1)c(=O)[nH]n2C. The lowest BCUT2D eigenvalue weighted by Crippen LogP contribution is -2.38. The van der Waals surface area contributed by atoms with Gasteiger partial charge in [-0.3, -0.25) is 19.4 Å². The number of carbonyl (C=O) groups is 1. The van der Waals surface area contributed by atoms with Gasteiger partial charge in [-0.2, -0.15) is 0 Å². The van der Waals surface area contributed by atoms with E-state index in [2.05, 4.69) is 41.4 Å². The van der Waals surface area contributed by atoms with Crippen molar-refractivity contribution in [3.63, 3.8) is 0 Å². The zero-order valence-electron chi connectivity index (χ0n) is 18.1. The quantitative estimate of drug-likeness (QED) is 0.673. The Morgan fingerprint density at radius 1 is 1.24 bits per heavy atom. The predicted octanol–water partition coefficient (Wildman–Crippen LogP) is 3.29. The van der Waals surface area contributed by atoms with Gasteiger partial charge in [0.15, 0.2) is 5.65 Å². The van der Waals surface area contributed by atoms with E-state index in [1.165, 1.54) is 5.56 Å². The van der Waals surface area contributed by atoms with E-state index < -0.39 is 0 Å². The van der Waals surface area contributed by atoms with Gasteiger partial charge in [0, 0.05) is 18.8 Å². The molecular formula is C23H30N4O2. The molecule has 1 aromatic carbocycles. The molecule has 3 aromatic rings. The van der Waals surface area contributed by atoms with Gasteiger partial charge in [0.2, 0.25) is 5.91 Å². The highest BCUT2D eigenvalue weighted by Gasteiger charge is 2.24. The van der Waals surface area contributed by atoms with Gasteiger partial charge < -0.3 is 5.32 Å². The molecule has 0 saturated heterocycles. The molecule has 0 radical (unpaired) electrons. The molecule has 1 amide bonds. The lowest BCUT2D eigenvalue weighted by atomic mass is 9.79. The van der Waals surface area contributed by atoms with E-state index in [4.69, 9.17) is 0 Å². The van der Waals surface area contributed by atoms with Crippen molar-refractivity contribution in [2.45, 2.75) is 58.9 Å². The number of aromatic nitrogens is 3. The van der Waals surface area contributed by atoms with Crippen molar-refractivity contribution in [2.24, 2.45) is 7.05 Å². The highest BCUT2D eigenvalue weighted by atomic mass is 16.1. The number of rotatable bonds is 6. The highest BCUT2D eigenvalue weighted by Crippen LogP contribution is 2.28. The smallest absolute Gasteiger partial charge is 0.273 e. The van der Waals surface area contributed by atoms with Crippen LogP contribution in [0.2, 0.25) is 0 Å². The van der Waals surface area contributed by atoms with Crippen LogP contribution in [0.1, 0.15) is 49.6 Å². The first-order valence-corrected chi connectivity index (χ1v) is 10.00. The first-order valence-electron chi connectivity index (χ1n) is 10.00.